The minimum Gasteiger partial charge on any atom is -0.494 e. The minimum atomic E-state index is -0.845. The number of barbiturate groups is 1. The van der Waals surface area contributed by atoms with Gasteiger partial charge in [0, 0.05) is 5.56 Å². The molecule has 156 valence electrons. The molecule has 2 aromatic carbocycles. The number of ether oxygens (including phenoxy) is 1. The van der Waals surface area contributed by atoms with Crippen LogP contribution in [0.4, 0.5) is 14.9 Å². The lowest BCUT2D eigenvalue weighted by Crippen LogP contribution is -2.54. The molecule has 31 heavy (non-hydrogen) atoms. The fourth-order valence-electron chi connectivity index (χ4n) is 3.09. The molecule has 0 saturated carbocycles. The molecule has 1 aromatic heterocycles. The van der Waals surface area contributed by atoms with Crippen LogP contribution in [0, 0.1) is 5.82 Å². The molecule has 1 aliphatic rings. The molecule has 4 amide bonds. The highest BCUT2D eigenvalue weighted by Gasteiger charge is 2.37. The van der Waals surface area contributed by atoms with E-state index in [4.69, 9.17) is 9.15 Å². The summed E-state index contributed by atoms with van der Waals surface area (Å²) in [5.41, 5.74) is 0.668. The van der Waals surface area contributed by atoms with E-state index in [1.807, 2.05) is 6.92 Å². The van der Waals surface area contributed by atoms with E-state index in [0.29, 0.717) is 23.7 Å². The first kappa shape index (κ1) is 20.1. The number of hydrogen-bond donors (Lipinski definition) is 1. The number of furan rings is 1. The van der Waals surface area contributed by atoms with Gasteiger partial charge in [-0.25, -0.2) is 14.1 Å². The Morgan fingerprint density at radius 1 is 1.00 bits per heavy atom. The van der Waals surface area contributed by atoms with E-state index < -0.39 is 17.8 Å². The van der Waals surface area contributed by atoms with Crippen molar-refractivity contribution >= 4 is 29.6 Å². The lowest BCUT2D eigenvalue weighted by Gasteiger charge is -2.26. The third-order valence-corrected chi connectivity index (χ3v) is 4.55. The largest absolute Gasteiger partial charge is 0.494 e. The number of nitrogens with one attached hydrogen (secondary N) is 1. The SMILES string of the molecule is CCOc1ccc(N2C(=O)NC(=O)C(=Cc3ccc(-c4ccc(F)cc4)o3)C2=O)cc1. The summed E-state index contributed by atoms with van der Waals surface area (Å²) in [7, 11) is 0. The monoisotopic (exact) mass is 420 g/mol. The molecule has 7 nitrogen and oxygen atoms in total. The lowest BCUT2D eigenvalue weighted by molar-refractivity contribution is -0.122. The molecule has 0 bridgehead atoms. The van der Waals surface area contributed by atoms with Crippen LogP contribution in [-0.2, 0) is 9.59 Å². The summed E-state index contributed by atoms with van der Waals surface area (Å²) in [6, 6.07) is 14.4. The molecule has 1 N–H and O–H groups in total. The average molecular weight is 420 g/mol. The van der Waals surface area contributed by atoms with Gasteiger partial charge in [-0.15, -0.1) is 0 Å². The maximum atomic E-state index is 13.1. The minimum absolute atomic E-state index is 0.235. The highest BCUT2D eigenvalue weighted by Crippen LogP contribution is 2.27. The summed E-state index contributed by atoms with van der Waals surface area (Å²) in [5.74, 6) is -0.712. The predicted molar refractivity (Wildman–Crippen MR) is 111 cm³/mol. The Morgan fingerprint density at radius 3 is 2.39 bits per heavy atom. The molecule has 8 heteroatoms. The van der Waals surface area contributed by atoms with Crippen molar-refractivity contribution in [3.8, 4) is 17.1 Å². The number of imide groups is 2. The molecule has 0 atom stereocenters. The Morgan fingerprint density at radius 2 is 1.71 bits per heavy atom. The second-order valence-corrected chi connectivity index (χ2v) is 6.59. The number of halogens is 1. The van der Waals surface area contributed by atoms with Gasteiger partial charge < -0.3 is 9.15 Å². The van der Waals surface area contributed by atoms with E-state index in [9.17, 15) is 18.8 Å². The molecule has 3 aromatic rings. The number of carbonyl (C=O) groups excluding carboxylic acids is 3. The van der Waals surface area contributed by atoms with Crippen molar-refractivity contribution in [1.29, 1.82) is 0 Å². The van der Waals surface area contributed by atoms with Gasteiger partial charge in [-0.1, -0.05) is 0 Å². The van der Waals surface area contributed by atoms with Gasteiger partial charge in [0.2, 0.25) is 0 Å². The zero-order valence-electron chi connectivity index (χ0n) is 16.4. The van der Waals surface area contributed by atoms with E-state index in [1.54, 1.807) is 48.5 Å². The number of rotatable bonds is 5. The smallest absolute Gasteiger partial charge is 0.335 e. The second-order valence-electron chi connectivity index (χ2n) is 6.59. The van der Waals surface area contributed by atoms with Crippen molar-refractivity contribution in [2.75, 3.05) is 11.5 Å². The summed E-state index contributed by atoms with van der Waals surface area (Å²) in [4.78, 5) is 38.4. The molecule has 1 saturated heterocycles. The molecule has 4 rings (SSSR count). The zero-order valence-corrected chi connectivity index (χ0v) is 16.4. The highest BCUT2D eigenvalue weighted by atomic mass is 19.1. The van der Waals surface area contributed by atoms with Gasteiger partial charge >= 0.3 is 6.03 Å². The Bertz CT molecular complexity index is 1180. The summed E-state index contributed by atoms with van der Waals surface area (Å²) in [5, 5.41) is 2.16. The number of urea groups is 1. The second kappa shape index (κ2) is 8.27. The van der Waals surface area contributed by atoms with Crippen LogP contribution in [0.1, 0.15) is 12.7 Å². The van der Waals surface area contributed by atoms with Crippen LogP contribution in [0.2, 0.25) is 0 Å². The van der Waals surface area contributed by atoms with Crippen molar-refractivity contribution in [2.24, 2.45) is 0 Å². The molecule has 1 aliphatic heterocycles. The van der Waals surface area contributed by atoms with Crippen LogP contribution in [0.3, 0.4) is 0 Å². The van der Waals surface area contributed by atoms with E-state index in [-0.39, 0.29) is 22.8 Å². The van der Waals surface area contributed by atoms with Gasteiger partial charge in [0.25, 0.3) is 11.8 Å². The molecule has 0 aliphatic carbocycles. The highest BCUT2D eigenvalue weighted by molar-refractivity contribution is 6.39. The first-order chi connectivity index (χ1) is 15.0. The van der Waals surface area contributed by atoms with E-state index in [1.165, 1.54) is 18.2 Å². The molecule has 0 spiro atoms. The van der Waals surface area contributed by atoms with Crippen molar-refractivity contribution in [2.45, 2.75) is 6.92 Å². The van der Waals surface area contributed by atoms with Crippen molar-refractivity contribution in [3.63, 3.8) is 0 Å². The zero-order chi connectivity index (χ0) is 22.0. The topological polar surface area (TPSA) is 88.8 Å². The van der Waals surface area contributed by atoms with Crippen LogP contribution in [0.25, 0.3) is 17.4 Å². The van der Waals surface area contributed by atoms with Crippen molar-refractivity contribution in [1.82, 2.24) is 5.32 Å². The summed E-state index contributed by atoms with van der Waals surface area (Å²) >= 11 is 0. The number of hydrogen-bond acceptors (Lipinski definition) is 5. The van der Waals surface area contributed by atoms with E-state index >= 15 is 0 Å². The Labute approximate surface area is 176 Å². The number of amides is 4. The third kappa shape index (κ3) is 4.09. The molecular weight excluding hydrogens is 403 g/mol. The Kier molecular flexibility index (Phi) is 5.36. The maximum absolute atomic E-state index is 13.1. The fraction of sp³-hybridized carbons (Fsp3) is 0.0870. The fourth-order valence-corrected chi connectivity index (χ4v) is 3.09. The van der Waals surface area contributed by atoms with Gasteiger partial charge in [-0.3, -0.25) is 14.9 Å². The van der Waals surface area contributed by atoms with Crippen molar-refractivity contribution in [3.05, 3.63) is 77.8 Å². The Balaban J connectivity index is 1.62. The van der Waals surface area contributed by atoms with Gasteiger partial charge in [-0.2, -0.15) is 0 Å². The van der Waals surface area contributed by atoms with E-state index in [0.717, 1.165) is 4.90 Å². The van der Waals surface area contributed by atoms with Gasteiger partial charge in [-0.05, 0) is 73.7 Å². The quantitative estimate of drug-likeness (QED) is 0.495. The first-order valence-electron chi connectivity index (χ1n) is 9.46. The average Bonchev–Trinajstić information content (AvgIpc) is 3.22. The van der Waals surface area contributed by atoms with Crippen LogP contribution in [0.15, 0.2) is 70.7 Å². The summed E-state index contributed by atoms with van der Waals surface area (Å²) < 4.78 is 24.1. The third-order valence-electron chi connectivity index (χ3n) is 4.55. The number of benzene rings is 2. The number of nitrogens with zero attached hydrogens (tertiary/aromatic N) is 1. The predicted octanol–water partition coefficient (Wildman–Crippen LogP) is 4.15. The molecule has 1 fully saturated rings. The molecule has 2 heterocycles. The van der Waals surface area contributed by atoms with Gasteiger partial charge in [0.1, 0.15) is 28.7 Å². The van der Waals surface area contributed by atoms with E-state index in [2.05, 4.69) is 5.32 Å². The first-order valence-corrected chi connectivity index (χ1v) is 9.46. The summed E-state index contributed by atoms with van der Waals surface area (Å²) in [6.45, 7) is 2.32. The molecule has 0 radical (unpaired) electrons. The normalized spacial score (nSPS) is 15.4. The standard InChI is InChI=1S/C23H17FN2O5/c1-2-30-17-9-7-16(8-10-17)26-22(28)19(21(27)25-23(26)29)13-18-11-12-20(31-18)14-3-5-15(24)6-4-14/h3-13H,2H2,1H3,(H,25,27,29). The number of carbonyl (C=O) groups is 3. The molecule has 0 unspecified atom stereocenters. The van der Waals surface area contributed by atoms with Crippen LogP contribution in [0.5, 0.6) is 5.75 Å². The summed E-state index contributed by atoms with van der Waals surface area (Å²) in [6.07, 6.45) is 1.26. The number of anilines is 1. The van der Waals surface area contributed by atoms with Crippen LogP contribution in [-0.4, -0.2) is 24.5 Å². The maximum Gasteiger partial charge on any atom is 0.335 e. The van der Waals surface area contributed by atoms with Crippen LogP contribution >= 0.6 is 0 Å². The Hall–Kier alpha value is -4.20. The van der Waals surface area contributed by atoms with Crippen molar-refractivity contribution < 1.29 is 27.9 Å². The van der Waals surface area contributed by atoms with Gasteiger partial charge in [0.05, 0.1) is 12.3 Å². The van der Waals surface area contributed by atoms with Crippen LogP contribution < -0.4 is 15.0 Å². The lowest BCUT2D eigenvalue weighted by atomic mass is 10.1. The van der Waals surface area contributed by atoms with Gasteiger partial charge in [0.15, 0.2) is 0 Å². The molecular formula is C23H17FN2O5.